The highest BCUT2D eigenvalue weighted by molar-refractivity contribution is 14.1. The first kappa shape index (κ1) is 8.06. The highest BCUT2D eigenvalue weighted by Crippen LogP contribution is 2.47. The lowest BCUT2D eigenvalue weighted by atomic mass is 9.98. The van der Waals surface area contributed by atoms with Crippen LogP contribution in [0.3, 0.4) is 0 Å². The molecule has 1 fully saturated rings. The summed E-state index contributed by atoms with van der Waals surface area (Å²) >= 11 is 2.27. The van der Waals surface area contributed by atoms with E-state index in [4.69, 9.17) is 5.26 Å². The monoisotopic (exact) mass is 269 g/mol. The van der Waals surface area contributed by atoms with Gasteiger partial charge in [-0.15, -0.1) is 0 Å². The maximum atomic E-state index is 8.93. The molecule has 1 aliphatic rings. The molecule has 2 heteroatoms. The fourth-order valence-corrected chi connectivity index (χ4v) is 1.72. The van der Waals surface area contributed by atoms with Gasteiger partial charge in [0, 0.05) is 3.57 Å². The molecule has 0 unspecified atom stereocenters. The smallest absolute Gasteiger partial charge is 0.0823 e. The van der Waals surface area contributed by atoms with Crippen molar-refractivity contribution in [3.05, 3.63) is 33.4 Å². The summed E-state index contributed by atoms with van der Waals surface area (Å²) in [5, 5.41) is 8.93. The number of nitrogens with zero attached hydrogens (tertiary/aromatic N) is 1. The van der Waals surface area contributed by atoms with Crippen LogP contribution in [-0.2, 0) is 5.41 Å². The number of hydrogen-bond acceptors (Lipinski definition) is 1. The van der Waals surface area contributed by atoms with Crippen molar-refractivity contribution in [3.63, 3.8) is 0 Å². The van der Waals surface area contributed by atoms with Gasteiger partial charge in [0.15, 0.2) is 0 Å². The van der Waals surface area contributed by atoms with E-state index in [2.05, 4.69) is 52.9 Å². The fourth-order valence-electron chi connectivity index (χ4n) is 1.36. The summed E-state index contributed by atoms with van der Waals surface area (Å²) in [6.07, 6.45) is 2.06. The van der Waals surface area contributed by atoms with Gasteiger partial charge in [0.05, 0.1) is 11.5 Å². The molecule has 0 N–H and O–H groups in total. The van der Waals surface area contributed by atoms with Gasteiger partial charge in [-0.3, -0.25) is 0 Å². The van der Waals surface area contributed by atoms with Crippen LogP contribution in [0.25, 0.3) is 0 Å². The predicted octanol–water partition coefficient (Wildman–Crippen LogP) is 2.85. The van der Waals surface area contributed by atoms with Crippen LogP contribution >= 0.6 is 22.6 Å². The summed E-state index contributed by atoms with van der Waals surface area (Å²) < 4.78 is 1.23. The van der Waals surface area contributed by atoms with Crippen molar-refractivity contribution in [2.24, 2.45) is 0 Å². The van der Waals surface area contributed by atoms with E-state index in [1.54, 1.807) is 0 Å². The Balaban J connectivity index is 2.37. The molecule has 0 bridgehead atoms. The van der Waals surface area contributed by atoms with Crippen LogP contribution in [0.4, 0.5) is 0 Å². The summed E-state index contributed by atoms with van der Waals surface area (Å²) in [5.41, 5.74) is 1.06. The standard InChI is InChI=1S/C10H8IN/c11-9-3-1-8(2-4-9)10(7-12)5-6-10/h1-4H,5-6H2. The van der Waals surface area contributed by atoms with E-state index in [1.807, 2.05) is 0 Å². The second-order valence-electron chi connectivity index (χ2n) is 3.20. The second-order valence-corrected chi connectivity index (χ2v) is 4.45. The third kappa shape index (κ3) is 1.22. The van der Waals surface area contributed by atoms with Crippen molar-refractivity contribution in [1.82, 2.24) is 0 Å². The van der Waals surface area contributed by atoms with E-state index < -0.39 is 0 Å². The maximum absolute atomic E-state index is 8.93. The summed E-state index contributed by atoms with van der Waals surface area (Å²) in [7, 11) is 0. The van der Waals surface area contributed by atoms with E-state index in [9.17, 15) is 0 Å². The van der Waals surface area contributed by atoms with Crippen LogP contribution in [-0.4, -0.2) is 0 Å². The minimum absolute atomic E-state index is 0.121. The number of benzene rings is 1. The van der Waals surface area contributed by atoms with Crippen LogP contribution < -0.4 is 0 Å². The number of rotatable bonds is 1. The molecule has 0 aromatic heterocycles. The second kappa shape index (κ2) is 2.74. The van der Waals surface area contributed by atoms with Gasteiger partial charge in [-0.2, -0.15) is 5.26 Å². The van der Waals surface area contributed by atoms with Gasteiger partial charge >= 0.3 is 0 Å². The van der Waals surface area contributed by atoms with Crippen LogP contribution in [0.5, 0.6) is 0 Å². The van der Waals surface area contributed by atoms with Gasteiger partial charge in [0.1, 0.15) is 0 Å². The van der Waals surface area contributed by atoms with Crippen LogP contribution in [0.1, 0.15) is 18.4 Å². The molecule has 1 aromatic carbocycles. The van der Waals surface area contributed by atoms with Gasteiger partial charge in [-0.1, -0.05) is 12.1 Å². The normalized spacial score (nSPS) is 18.3. The molecular weight excluding hydrogens is 261 g/mol. The zero-order valence-corrected chi connectivity index (χ0v) is 8.71. The molecule has 0 atom stereocenters. The molecule has 1 aliphatic carbocycles. The van der Waals surface area contributed by atoms with Gasteiger partial charge in [-0.05, 0) is 53.1 Å². The summed E-state index contributed by atoms with van der Waals surface area (Å²) in [5.74, 6) is 0. The number of halogens is 1. The Bertz CT molecular complexity index is 330. The van der Waals surface area contributed by atoms with E-state index >= 15 is 0 Å². The van der Waals surface area contributed by atoms with Crippen LogP contribution in [0.15, 0.2) is 24.3 Å². The van der Waals surface area contributed by atoms with Crippen molar-refractivity contribution >= 4 is 22.6 Å². The molecule has 2 rings (SSSR count). The van der Waals surface area contributed by atoms with Gasteiger partial charge < -0.3 is 0 Å². The number of nitriles is 1. The Morgan fingerprint density at radius 3 is 2.25 bits per heavy atom. The average Bonchev–Trinajstić information content (AvgIpc) is 2.86. The summed E-state index contributed by atoms with van der Waals surface area (Å²) in [4.78, 5) is 0. The Hall–Kier alpha value is -0.560. The average molecular weight is 269 g/mol. The molecule has 0 amide bonds. The van der Waals surface area contributed by atoms with Gasteiger partial charge in [0.2, 0.25) is 0 Å². The van der Waals surface area contributed by atoms with Crippen molar-refractivity contribution < 1.29 is 0 Å². The van der Waals surface area contributed by atoms with Gasteiger partial charge in [0.25, 0.3) is 0 Å². The molecule has 0 radical (unpaired) electrons. The van der Waals surface area contributed by atoms with Crippen LogP contribution in [0, 0.1) is 14.9 Å². The Labute approximate surface area is 85.5 Å². The summed E-state index contributed by atoms with van der Waals surface area (Å²) in [6.45, 7) is 0. The largest absolute Gasteiger partial charge is 0.197 e. The van der Waals surface area contributed by atoms with E-state index in [0.717, 1.165) is 12.8 Å². The molecule has 0 aliphatic heterocycles. The van der Waals surface area contributed by atoms with Crippen molar-refractivity contribution in [2.45, 2.75) is 18.3 Å². The van der Waals surface area contributed by atoms with Gasteiger partial charge in [-0.25, -0.2) is 0 Å². The zero-order chi connectivity index (χ0) is 8.60. The first-order chi connectivity index (χ1) is 5.77. The minimum Gasteiger partial charge on any atom is -0.197 e. The molecular formula is C10H8IN. The quantitative estimate of drug-likeness (QED) is 0.719. The van der Waals surface area contributed by atoms with Crippen molar-refractivity contribution in [3.8, 4) is 6.07 Å². The SMILES string of the molecule is N#CC1(c2ccc(I)cc2)CC1. The Morgan fingerprint density at radius 2 is 1.83 bits per heavy atom. The Morgan fingerprint density at radius 1 is 1.25 bits per heavy atom. The minimum atomic E-state index is -0.121. The summed E-state index contributed by atoms with van der Waals surface area (Å²) in [6, 6.07) is 10.6. The van der Waals surface area contributed by atoms with Crippen LogP contribution in [0.2, 0.25) is 0 Å². The number of hydrogen-bond donors (Lipinski definition) is 0. The maximum Gasteiger partial charge on any atom is 0.0823 e. The topological polar surface area (TPSA) is 23.8 Å². The predicted molar refractivity (Wildman–Crippen MR) is 55.7 cm³/mol. The van der Waals surface area contributed by atoms with E-state index in [0.29, 0.717) is 0 Å². The first-order valence-corrected chi connectivity index (χ1v) is 5.02. The van der Waals surface area contributed by atoms with E-state index in [-0.39, 0.29) is 5.41 Å². The molecule has 1 nitrogen and oxygen atoms in total. The highest BCUT2D eigenvalue weighted by atomic mass is 127. The van der Waals surface area contributed by atoms with Crippen molar-refractivity contribution in [1.29, 1.82) is 5.26 Å². The molecule has 1 saturated carbocycles. The third-order valence-corrected chi connectivity index (χ3v) is 3.08. The molecule has 12 heavy (non-hydrogen) atoms. The molecule has 0 spiro atoms. The lowest BCUT2D eigenvalue weighted by Gasteiger charge is -2.04. The fraction of sp³-hybridized carbons (Fsp3) is 0.300. The third-order valence-electron chi connectivity index (χ3n) is 2.36. The van der Waals surface area contributed by atoms with Crippen molar-refractivity contribution in [2.75, 3.05) is 0 Å². The highest BCUT2D eigenvalue weighted by Gasteiger charge is 2.44. The first-order valence-electron chi connectivity index (χ1n) is 3.94. The molecule has 60 valence electrons. The zero-order valence-electron chi connectivity index (χ0n) is 6.55. The lowest BCUT2D eigenvalue weighted by Crippen LogP contribution is -2.01. The Kier molecular flexibility index (Phi) is 1.84. The molecule has 1 aromatic rings. The molecule has 0 heterocycles. The van der Waals surface area contributed by atoms with E-state index in [1.165, 1.54) is 9.13 Å². The molecule has 0 saturated heterocycles. The lowest BCUT2D eigenvalue weighted by molar-refractivity contribution is 0.908.